The Morgan fingerprint density at radius 2 is 1.81 bits per heavy atom. The third-order valence-electron chi connectivity index (χ3n) is 3.50. The molecule has 2 aromatic heterocycles. The molecule has 0 radical (unpaired) electrons. The number of pyridine rings is 1. The van der Waals surface area contributed by atoms with Gasteiger partial charge in [-0.3, -0.25) is 4.98 Å². The maximum absolute atomic E-state index is 5.96. The normalized spacial score (nSPS) is 10.8. The number of anilines is 1. The Labute approximate surface area is 128 Å². The molecular formula is C17H17N3S. The van der Waals surface area contributed by atoms with E-state index in [9.17, 15) is 0 Å². The summed E-state index contributed by atoms with van der Waals surface area (Å²) < 4.78 is 0. The molecule has 3 aromatic rings. The van der Waals surface area contributed by atoms with Gasteiger partial charge in [0.25, 0.3) is 0 Å². The predicted molar refractivity (Wildman–Crippen MR) is 88.5 cm³/mol. The van der Waals surface area contributed by atoms with Gasteiger partial charge in [0.1, 0.15) is 0 Å². The summed E-state index contributed by atoms with van der Waals surface area (Å²) in [5.74, 6) is 0. The van der Waals surface area contributed by atoms with Gasteiger partial charge < -0.3 is 5.73 Å². The first-order chi connectivity index (χ1) is 10.1. The molecule has 2 heterocycles. The first-order valence-electron chi connectivity index (χ1n) is 6.87. The quantitative estimate of drug-likeness (QED) is 0.794. The minimum Gasteiger partial charge on any atom is -0.375 e. The average Bonchev–Trinajstić information content (AvgIpc) is 2.80. The van der Waals surface area contributed by atoms with Gasteiger partial charge in [0.2, 0.25) is 0 Å². The van der Waals surface area contributed by atoms with Crippen LogP contribution in [0.4, 0.5) is 5.13 Å². The van der Waals surface area contributed by atoms with E-state index in [0.717, 1.165) is 17.8 Å². The molecule has 0 aliphatic heterocycles. The molecule has 1 aromatic carbocycles. The maximum atomic E-state index is 5.96. The van der Waals surface area contributed by atoms with Crippen LogP contribution in [0.25, 0.3) is 11.3 Å². The van der Waals surface area contributed by atoms with E-state index >= 15 is 0 Å². The standard InChI is InChI=1S/C17H17N3S/c1-11-6-5-7-12(2)15(11)16-14(21-17(18)20-16)10-13-8-3-4-9-19-13/h3-9H,10H2,1-2H3,(H2,18,20). The molecule has 2 N–H and O–H groups in total. The Hall–Kier alpha value is -2.20. The minimum atomic E-state index is 0.610. The van der Waals surface area contributed by atoms with Crippen molar-refractivity contribution in [2.24, 2.45) is 0 Å². The van der Waals surface area contributed by atoms with Crippen molar-refractivity contribution in [3.63, 3.8) is 0 Å². The lowest BCUT2D eigenvalue weighted by Gasteiger charge is -2.09. The first-order valence-corrected chi connectivity index (χ1v) is 7.68. The zero-order chi connectivity index (χ0) is 14.8. The number of aryl methyl sites for hydroxylation is 2. The van der Waals surface area contributed by atoms with E-state index in [1.54, 1.807) is 11.3 Å². The van der Waals surface area contributed by atoms with Crippen LogP contribution in [0.15, 0.2) is 42.6 Å². The van der Waals surface area contributed by atoms with E-state index in [1.807, 2.05) is 24.4 Å². The molecule has 0 atom stereocenters. The van der Waals surface area contributed by atoms with E-state index in [4.69, 9.17) is 5.73 Å². The van der Waals surface area contributed by atoms with E-state index in [2.05, 4.69) is 42.0 Å². The van der Waals surface area contributed by atoms with E-state index in [1.165, 1.54) is 21.6 Å². The predicted octanol–water partition coefficient (Wildman–Crippen LogP) is 3.99. The molecule has 0 aliphatic rings. The lowest BCUT2D eigenvalue weighted by Crippen LogP contribution is -1.95. The second-order valence-electron chi connectivity index (χ2n) is 5.09. The molecular weight excluding hydrogens is 278 g/mol. The van der Waals surface area contributed by atoms with Gasteiger partial charge in [-0.25, -0.2) is 4.98 Å². The van der Waals surface area contributed by atoms with Gasteiger partial charge in [-0.1, -0.05) is 24.3 Å². The number of nitrogens with zero attached hydrogens (tertiary/aromatic N) is 2. The number of nitrogens with two attached hydrogens (primary N) is 1. The van der Waals surface area contributed by atoms with Crippen molar-refractivity contribution in [1.82, 2.24) is 9.97 Å². The summed E-state index contributed by atoms with van der Waals surface area (Å²) in [4.78, 5) is 10.1. The summed E-state index contributed by atoms with van der Waals surface area (Å²) >= 11 is 1.55. The van der Waals surface area contributed by atoms with Crippen LogP contribution in [-0.4, -0.2) is 9.97 Å². The summed E-state index contributed by atoms with van der Waals surface area (Å²) in [6.07, 6.45) is 2.58. The number of thiazole rings is 1. The number of aromatic nitrogens is 2. The number of nitrogen functional groups attached to an aromatic ring is 1. The first kappa shape index (κ1) is 13.8. The van der Waals surface area contributed by atoms with Crippen molar-refractivity contribution in [3.8, 4) is 11.3 Å². The molecule has 0 saturated carbocycles. The highest BCUT2D eigenvalue weighted by Gasteiger charge is 2.16. The van der Waals surface area contributed by atoms with Crippen LogP contribution in [0.5, 0.6) is 0 Å². The lowest BCUT2D eigenvalue weighted by molar-refractivity contribution is 1.09. The van der Waals surface area contributed by atoms with Crippen LogP contribution in [0.3, 0.4) is 0 Å². The summed E-state index contributed by atoms with van der Waals surface area (Å²) in [5.41, 5.74) is 11.6. The van der Waals surface area contributed by atoms with Crippen molar-refractivity contribution in [3.05, 3.63) is 64.3 Å². The summed E-state index contributed by atoms with van der Waals surface area (Å²) in [6, 6.07) is 12.3. The molecule has 21 heavy (non-hydrogen) atoms. The highest BCUT2D eigenvalue weighted by Crippen LogP contribution is 2.34. The second-order valence-corrected chi connectivity index (χ2v) is 6.20. The van der Waals surface area contributed by atoms with Crippen LogP contribution in [0.2, 0.25) is 0 Å². The Morgan fingerprint density at radius 3 is 2.48 bits per heavy atom. The van der Waals surface area contributed by atoms with Crippen LogP contribution in [-0.2, 0) is 6.42 Å². The molecule has 0 saturated heterocycles. The molecule has 0 aliphatic carbocycles. The zero-order valence-electron chi connectivity index (χ0n) is 12.1. The fourth-order valence-corrected chi connectivity index (χ4v) is 3.39. The summed E-state index contributed by atoms with van der Waals surface area (Å²) in [5, 5.41) is 0.610. The smallest absolute Gasteiger partial charge is 0.180 e. The van der Waals surface area contributed by atoms with E-state index < -0.39 is 0 Å². The number of rotatable bonds is 3. The monoisotopic (exact) mass is 295 g/mol. The summed E-state index contributed by atoms with van der Waals surface area (Å²) in [6.45, 7) is 4.23. The SMILES string of the molecule is Cc1cccc(C)c1-c1nc(N)sc1Cc1ccccn1. The highest BCUT2D eigenvalue weighted by molar-refractivity contribution is 7.15. The van der Waals surface area contributed by atoms with Crippen molar-refractivity contribution in [1.29, 1.82) is 0 Å². The van der Waals surface area contributed by atoms with E-state index in [0.29, 0.717) is 5.13 Å². The van der Waals surface area contributed by atoms with Crippen LogP contribution in [0, 0.1) is 13.8 Å². The van der Waals surface area contributed by atoms with Crippen molar-refractivity contribution < 1.29 is 0 Å². The second kappa shape index (κ2) is 5.66. The van der Waals surface area contributed by atoms with Gasteiger partial charge in [-0.05, 0) is 37.1 Å². The molecule has 106 valence electrons. The van der Waals surface area contributed by atoms with Crippen LogP contribution < -0.4 is 5.73 Å². The Balaban J connectivity index is 2.08. The van der Waals surface area contributed by atoms with E-state index in [-0.39, 0.29) is 0 Å². The zero-order valence-corrected chi connectivity index (χ0v) is 12.9. The Bertz CT molecular complexity index is 743. The Kier molecular flexibility index (Phi) is 3.71. The average molecular weight is 295 g/mol. The van der Waals surface area contributed by atoms with Crippen molar-refractivity contribution in [2.45, 2.75) is 20.3 Å². The number of hydrogen-bond acceptors (Lipinski definition) is 4. The third-order valence-corrected chi connectivity index (χ3v) is 4.38. The fraction of sp³-hybridized carbons (Fsp3) is 0.176. The number of hydrogen-bond donors (Lipinski definition) is 1. The lowest BCUT2D eigenvalue weighted by atomic mass is 9.98. The van der Waals surface area contributed by atoms with Crippen molar-refractivity contribution in [2.75, 3.05) is 5.73 Å². The molecule has 4 heteroatoms. The number of benzene rings is 1. The molecule has 0 amide bonds. The third kappa shape index (κ3) is 2.81. The van der Waals surface area contributed by atoms with Gasteiger partial charge in [-0.15, -0.1) is 11.3 Å². The molecule has 0 bridgehead atoms. The fourth-order valence-electron chi connectivity index (χ4n) is 2.54. The van der Waals surface area contributed by atoms with Gasteiger partial charge in [0.05, 0.1) is 5.69 Å². The van der Waals surface area contributed by atoms with Gasteiger partial charge in [-0.2, -0.15) is 0 Å². The highest BCUT2D eigenvalue weighted by atomic mass is 32.1. The van der Waals surface area contributed by atoms with Gasteiger partial charge in [0.15, 0.2) is 5.13 Å². The van der Waals surface area contributed by atoms with Crippen LogP contribution >= 0.6 is 11.3 Å². The summed E-state index contributed by atoms with van der Waals surface area (Å²) in [7, 11) is 0. The molecule has 0 spiro atoms. The largest absolute Gasteiger partial charge is 0.375 e. The van der Waals surface area contributed by atoms with Crippen molar-refractivity contribution >= 4 is 16.5 Å². The minimum absolute atomic E-state index is 0.610. The molecule has 0 fully saturated rings. The maximum Gasteiger partial charge on any atom is 0.180 e. The van der Waals surface area contributed by atoms with Gasteiger partial charge >= 0.3 is 0 Å². The molecule has 3 nitrogen and oxygen atoms in total. The topological polar surface area (TPSA) is 51.8 Å². The molecule has 0 unspecified atom stereocenters. The van der Waals surface area contributed by atoms with Crippen LogP contribution in [0.1, 0.15) is 21.7 Å². The Morgan fingerprint density at radius 1 is 1.05 bits per heavy atom. The van der Waals surface area contributed by atoms with Gasteiger partial charge in [0, 0.05) is 28.8 Å². The molecule has 3 rings (SSSR count).